The smallest absolute Gasteiger partial charge is 0.404 e. The lowest BCUT2D eigenvalue weighted by Crippen LogP contribution is -2.54. The molecule has 3 fully saturated rings. The highest BCUT2D eigenvalue weighted by atomic mass is 16.6. The van der Waals surface area contributed by atoms with Crippen LogP contribution in [0.5, 0.6) is 5.75 Å². The number of piperidine rings is 2. The molecule has 4 heterocycles. The van der Waals surface area contributed by atoms with Crippen molar-refractivity contribution in [2.24, 2.45) is 11.7 Å². The fraction of sp³-hybridized carbons (Fsp3) is 0.636. The van der Waals surface area contributed by atoms with E-state index in [0.29, 0.717) is 26.2 Å². The average Bonchev–Trinajstić information content (AvgIpc) is 3.21. The molecule has 5 atom stereocenters. The Balaban J connectivity index is 1.12. The van der Waals surface area contributed by atoms with Crippen molar-refractivity contribution in [3.63, 3.8) is 0 Å². The topological polar surface area (TPSA) is 150 Å². The van der Waals surface area contributed by atoms with Crippen molar-refractivity contribution < 1.29 is 24.2 Å². The molecule has 3 aliphatic rings. The van der Waals surface area contributed by atoms with Crippen LogP contribution < -0.4 is 21.3 Å². The lowest BCUT2D eigenvalue weighted by atomic mass is 9.97. The Morgan fingerprint density at radius 3 is 2.51 bits per heavy atom. The van der Waals surface area contributed by atoms with Gasteiger partial charge >= 0.3 is 6.09 Å². The third kappa shape index (κ3) is 7.85. The number of likely N-dealkylation sites (tertiary alicyclic amines) is 1. The normalized spacial score (nSPS) is 24.5. The maximum atomic E-state index is 13.2. The van der Waals surface area contributed by atoms with Crippen LogP contribution in [0.2, 0.25) is 0 Å². The number of aliphatic hydroxyl groups excluding tert-OH is 1. The molecule has 0 spiro atoms. The molecule has 0 radical (unpaired) electrons. The summed E-state index contributed by atoms with van der Waals surface area (Å²) in [5, 5.41) is 14.9. The largest absolute Gasteiger partial charge is 0.413 e. The van der Waals surface area contributed by atoms with Crippen molar-refractivity contribution in [1.82, 2.24) is 24.6 Å². The Morgan fingerprint density at radius 2 is 1.84 bits per heavy atom. The second-order valence-electron chi connectivity index (χ2n) is 13.3. The molecular formula is C33H48N6O6. The van der Waals surface area contributed by atoms with E-state index in [1.807, 2.05) is 38.1 Å². The number of nitrogens with two attached hydrogens (primary N) is 1. The zero-order valence-corrected chi connectivity index (χ0v) is 26.7. The summed E-state index contributed by atoms with van der Waals surface area (Å²) in [6.07, 6.45) is 3.76. The first-order chi connectivity index (χ1) is 21.5. The van der Waals surface area contributed by atoms with E-state index in [2.05, 4.69) is 15.1 Å². The van der Waals surface area contributed by atoms with E-state index < -0.39 is 12.2 Å². The molecule has 2 aromatic rings. The molecule has 2 unspecified atom stereocenters. The van der Waals surface area contributed by atoms with Crippen molar-refractivity contribution in [3.8, 4) is 5.75 Å². The van der Waals surface area contributed by atoms with E-state index >= 15 is 0 Å². The number of benzene rings is 1. The fourth-order valence-corrected chi connectivity index (χ4v) is 7.52. The van der Waals surface area contributed by atoms with Gasteiger partial charge in [0.05, 0.1) is 17.5 Å². The highest BCUT2D eigenvalue weighted by Gasteiger charge is 2.42. The monoisotopic (exact) mass is 624 g/mol. The van der Waals surface area contributed by atoms with E-state index in [1.165, 1.54) is 6.92 Å². The van der Waals surface area contributed by atoms with Gasteiger partial charge in [0.15, 0.2) is 5.75 Å². The van der Waals surface area contributed by atoms with Gasteiger partial charge in [0.25, 0.3) is 5.56 Å². The first-order valence-electron chi connectivity index (χ1n) is 16.3. The third-order valence-corrected chi connectivity index (χ3v) is 9.73. The number of carbonyl (C=O) groups is 3. The van der Waals surface area contributed by atoms with Crippen LogP contribution in [0.4, 0.5) is 4.79 Å². The molecule has 1 aromatic heterocycles. The van der Waals surface area contributed by atoms with Gasteiger partial charge in [-0.2, -0.15) is 0 Å². The number of nitrogens with zero attached hydrogens (tertiary/aromatic N) is 4. The number of aliphatic hydroxyl groups is 1. The summed E-state index contributed by atoms with van der Waals surface area (Å²) in [5.41, 5.74) is 5.96. The minimum absolute atomic E-state index is 0.00595. The van der Waals surface area contributed by atoms with E-state index in [0.717, 1.165) is 56.0 Å². The fourth-order valence-electron chi connectivity index (χ4n) is 7.52. The molecule has 246 valence electrons. The van der Waals surface area contributed by atoms with Crippen LogP contribution in [0.1, 0.15) is 65.3 Å². The van der Waals surface area contributed by atoms with Gasteiger partial charge in [0, 0.05) is 69.2 Å². The predicted molar refractivity (Wildman–Crippen MR) is 171 cm³/mol. The number of amides is 3. The van der Waals surface area contributed by atoms with Crippen molar-refractivity contribution in [2.45, 2.75) is 89.6 Å². The maximum Gasteiger partial charge on any atom is 0.413 e. The average molecular weight is 625 g/mol. The first-order valence-corrected chi connectivity index (χ1v) is 16.3. The predicted octanol–water partition coefficient (Wildman–Crippen LogP) is 2.07. The van der Waals surface area contributed by atoms with Crippen LogP contribution in [0, 0.1) is 5.92 Å². The number of fused-ring (bicyclic) bond motifs is 3. The molecule has 2 bridgehead atoms. The molecule has 45 heavy (non-hydrogen) atoms. The quantitative estimate of drug-likeness (QED) is 0.344. The Kier molecular flexibility index (Phi) is 10.5. The number of aromatic nitrogens is 1. The Morgan fingerprint density at radius 1 is 1.13 bits per heavy atom. The van der Waals surface area contributed by atoms with Gasteiger partial charge in [-0.3, -0.25) is 19.3 Å². The van der Waals surface area contributed by atoms with Crippen molar-refractivity contribution in [3.05, 3.63) is 40.7 Å². The number of pyridine rings is 1. The lowest BCUT2D eigenvalue weighted by molar-refractivity contribution is -0.131. The SMILES string of the molecule is CC(=O)N(CCN1CCCC(C(N)=O)C1)CC(O)CN1[C@@H]2CC[C@H]1C[C@H](NC(=O)Oc1cc3ccccc3n(C(C)C)c1=O)C2. The summed E-state index contributed by atoms with van der Waals surface area (Å²) in [6.45, 7) is 8.67. The van der Waals surface area contributed by atoms with Gasteiger partial charge in [0.1, 0.15) is 0 Å². The van der Waals surface area contributed by atoms with Crippen LogP contribution in [-0.2, 0) is 9.59 Å². The van der Waals surface area contributed by atoms with E-state index in [1.54, 1.807) is 15.5 Å². The summed E-state index contributed by atoms with van der Waals surface area (Å²) in [4.78, 5) is 56.3. The summed E-state index contributed by atoms with van der Waals surface area (Å²) < 4.78 is 7.22. The first kappa shape index (κ1) is 32.9. The minimum Gasteiger partial charge on any atom is -0.404 e. The third-order valence-electron chi connectivity index (χ3n) is 9.73. The molecular weight excluding hydrogens is 576 g/mol. The minimum atomic E-state index is -0.706. The Bertz CT molecular complexity index is 1430. The molecule has 12 nitrogen and oxygen atoms in total. The van der Waals surface area contributed by atoms with Crippen molar-refractivity contribution in [1.29, 1.82) is 0 Å². The highest BCUT2D eigenvalue weighted by Crippen LogP contribution is 2.36. The number of primary amides is 1. The molecule has 0 aliphatic carbocycles. The van der Waals surface area contributed by atoms with E-state index in [-0.39, 0.29) is 59.8 Å². The van der Waals surface area contributed by atoms with E-state index in [9.17, 15) is 24.3 Å². The van der Waals surface area contributed by atoms with Crippen LogP contribution in [0.3, 0.4) is 0 Å². The number of carbonyl (C=O) groups excluding carboxylic acids is 3. The molecule has 3 amide bonds. The van der Waals surface area contributed by atoms with Crippen LogP contribution in [-0.4, -0.2) is 106 Å². The standard InChI is InChI=1S/C33H48N6O6/c1-21(2)39-29-9-5-4-7-23(29)15-30(32(39)43)45-33(44)35-25-16-26-10-11-27(17-25)38(26)20-28(41)19-37(22(3)40)14-13-36-12-6-8-24(18-36)31(34)42/h4-5,7,9,15,21,24-28,41H,6,8,10-14,16-20H2,1-3H3,(H2,34,42)(H,35,44)/t24?,25-,26-,27+,28?. The second-order valence-corrected chi connectivity index (χ2v) is 13.3. The highest BCUT2D eigenvalue weighted by molar-refractivity contribution is 5.81. The Labute approximate surface area is 264 Å². The number of nitrogens with one attached hydrogen (secondary N) is 1. The number of hydrogen-bond acceptors (Lipinski definition) is 8. The van der Waals surface area contributed by atoms with Gasteiger partial charge in [-0.05, 0) is 71.0 Å². The van der Waals surface area contributed by atoms with Gasteiger partial charge in [-0.1, -0.05) is 18.2 Å². The summed E-state index contributed by atoms with van der Waals surface area (Å²) in [6, 6.07) is 9.37. The van der Waals surface area contributed by atoms with Crippen LogP contribution >= 0.6 is 0 Å². The molecule has 4 N–H and O–H groups in total. The van der Waals surface area contributed by atoms with Crippen molar-refractivity contribution in [2.75, 3.05) is 39.3 Å². The summed E-state index contributed by atoms with van der Waals surface area (Å²) >= 11 is 0. The zero-order valence-electron chi connectivity index (χ0n) is 26.7. The Hall–Kier alpha value is -3.48. The number of ether oxygens (including phenoxy) is 1. The molecule has 1 aromatic carbocycles. The lowest BCUT2D eigenvalue weighted by Gasteiger charge is -2.40. The number of para-hydroxylation sites is 1. The number of rotatable bonds is 11. The van der Waals surface area contributed by atoms with E-state index in [4.69, 9.17) is 10.5 Å². The molecule has 5 rings (SSSR count). The van der Waals surface area contributed by atoms with Gasteiger partial charge < -0.3 is 35.3 Å². The zero-order chi connectivity index (χ0) is 32.2. The summed E-state index contributed by atoms with van der Waals surface area (Å²) in [7, 11) is 0. The number of hydrogen-bond donors (Lipinski definition) is 3. The summed E-state index contributed by atoms with van der Waals surface area (Å²) in [5.74, 6) is -0.505. The van der Waals surface area contributed by atoms with Gasteiger partial charge in [-0.15, -0.1) is 0 Å². The van der Waals surface area contributed by atoms with Crippen LogP contribution in [0.15, 0.2) is 35.1 Å². The molecule has 0 saturated carbocycles. The van der Waals surface area contributed by atoms with Gasteiger partial charge in [0.2, 0.25) is 11.8 Å². The van der Waals surface area contributed by atoms with Gasteiger partial charge in [-0.25, -0.2) is 4.79 Å². The molecule has 3 aliphatic heterocycles. The maximum absolute atomic E-state index is 13.2. The molecule has 12 heteroatoms. The second kappa shape index (κ2) is 14.3. The van der Waals surface area contributed by atoms with Crippen molar-refractivity contribution >= 4 is 28.8 Å². The molecule has 3 saturated heterocycles. The van der Waals surface area contributed by atoms with Crippen LogP contribution in [0.25, 0.3) is 10.9 Å².